The molecule has 0 spiro atoms. The Hall–Kier alpha value is -1.74. The average molecular weight is 245 g/mol. The summed E-state index contributed by atoms with van der Waals surface area (Å²) in [7, 11) is 0. The van der Waals surface area contributed by atoms with Gasteiger partial charge in [0.05, 0.1) is 13.2 Å². The van der Waals surface area contributed by atoms with Crippen LogP contribution < -0.4 is 4.74 Å². The third kappa shape index (κ3) is 2.57. The summed E-state index contributed by atoms with van der Waals surface area (Å²) < 4.78 is 7.55. The van der Waals surface area contributed by atoms with E-state index in [9.17, 15) is 0 Å². The molecule has 3 heteroatoms. The van der Waals surface area contributed by atoms with Crippen LogP contribution in [-0.2, 0) is 6.54 Å². The Bertz CT molecular complexity index is 500. The third-order valence-corrected chi connectivity index (χ3v) is 2.98. The van der Waals surface area contributed by atoms with Crippen LogP contribution in [0.5, 0.6) is 5.75 Å². The zero-order valence-electron chi connectivity index (χ0n) is 10.9. The van der Waals surface area contributed by atoms with Crippen molar-refractivity contribution in [3.8, 4) is 17.0 Å². The van der Waals surface area contributed by atoms with Crippen molar-refractivity contribution in [2.75, 3.05) is 13.2 Å². The van der Waals surface area contributed by atoms with Gasteiger partial charge in [0.15, 0.2) is 0 Å². The van der Waals surface area contributed by atoms with E-state index in [1.54, 1.807) is 0 Å². The van der Waals surface area contributed by atoms with Crippen molar-refractivity contribution in [2.24, 2.45) is 0 Å². The van der Waals surface area contributed by atoms with Crippen LogP contribution in [0.3, 0.4) is 0 Å². The first kappa shape index (κ1) is 12.7. The molecule has 0 radical (unpaired) electrons. The molecule has 1 aromatic carbocycles. The molecule has 3 nitrogen and oxygen atoms in total. The molecule has 1 N–H and O–H groups in total. The largest absolute Gasteiger partial charge is 0.494 e. The molecule has 96 valence electrons. The molecule has 1 heterocycles. The van der Waals surface area contributed by atoms with E-state index in [0.717, 1.165) is 22.7 Å². The third-order valence-electron chi connectivity index (χ3n) is 2.98. The number of hydrogen-bond acceptors (Lipinski definition) is 2. The Morgan fingerprint density at radius 1 is 1.11 bits per heavy atom. The molecule has 0 aliphatic carbocycles. The number of ether oxygens (including phenoxy) is 1. The molecule has 0 fully saturated rings. The lowest BCUT2D eigenvalue weighted by atomic mass is 10.1. The summed E-state index contributed by atoms with van der Waals surface area (Å²) in [4.78, 5) is 0. The Labute approximate surface area is 108 Å². The number of aromatic nitrogens is 1. The first-order chi connectivity index (χ1) is 8.76. The van der Waals surface area contributed by atoms with Crippen LogP contribution in [0.1, 0.15) is 12.6 Å². The number of aryl methyl sites for hydroxylation is 1. The Morgan fingerprint density at radius 3 is 2.44 bits per heavy atom. The van der Waals surface area contributed by atoms with E-state index in [2.05, 4.69) is 16.7 Å². The summed E-state index contributed by atoms with van der Waals surface area (Å²) in [6, 6.07) is 12.2. The monoisotopic (exact) mass is 245 g/mol. The maximum absolute atomic E-state index is 9.11. The summed E-state index contributed by atoms with van der Waals surface area (Å²) in [6.45, 7) is 5.48. The van der Waals surface area contributed by atoms with E-state index < -0.39 is 0 Å². The lowest BCUT2D eigenvalue weighted by molar-refractivity contribution is 0.276. The maximum atomic E-state index is 9.11. The minimum atomic E-state index is 0.152. The molecule has 0 aliphatic rings. The van der Waals surface area contributed by atoms with Crippen molar-refractivity contribution in [3.63, 3.8) is 0 Å². The van der Waals surface area contributed by atoms with Crippen molar-refractivity contribution >= 4 is 0 Å². The lowest BCUT2D eigenvalue weighted by Gasteiger charge is -2.11. The van der Waals surface area contributed by atoms with Gasteiger partial charge in [0, 0.05) is 17.9 Å². The fourth-order valence-corrected chi connectivity index (χ4v) is 2.11. The zero-order chi connectivity index (χ0) is 13.0. The molecule has 0 bridgehead atoms. The van der Waals surface area contributed by atoms with Crippen molar-refractivity contribution in [1.29, 1.82) is 0 Å². The second kappa shape index (κ2) is 5.74. The first-order valence-electron chi connectivity index (χ1n) is 6.26. The van der Waals surface area contributed by atoms with Crippen molar-refractivity contribution in [3.05, 3.63) is 42.1 Å². The average Bonchev–Trinajstić information content (AvgIpc) is 2.73. The van der Waals surface area contributed by atoms with Crippen LogP contribution in [-0.4, -0.2) is 22.9 Å². The predicted molar refractivity (Wildman–Crippen MR) is 72.9 cm³/mol. The molecule has 0 saturated carbocycles. The van der Waals surface area contributed by atoms with Crippen LogP contribution >= 0.6 is 0 Å². The number of hydrogen-bond donors (Lipinski definition) is 1. The van der Waals surface area contributed by atoms with E-state index >= 15 is 0 Å². The quantitative estimate of drug-likeness (QED) is 0.879. The van der Waals surface area contributed by atoms with Gasteiger partial charge in [0.1, 0.15) is 5.75 Å². The molecule has 18 heavy (non-hydrogen) atoms. The normalized spacial score (nSPS) is 10.6. The van der Waals surface area contributed by atoms with E-state index in [1.165, 1.54) is 0 Å². The SMILES string of the molecule is CCOc1ccc(-c2ccc(C)n2CCO)cc1. The number of benzene rings is 1. The predicted octanol–water partition coefficient (Wildman–Crippen LogP) is 2.85. The fraction of sp³-hybridized carbons (Fsp3) is 0.333. The van der Waals surface area contributed by atoms with E-state index in [0.29, 0.717) is 13.2 Å². The molecule has 2 aromatic rings. The highest BCUT2D eigenvalue weighted by molar-refractivity contribution is 5.61. The highest BCUT2D eigenvalue weighted by atomic mass is 16.5. The number of aliphatic hydroxyl groups is 1. The second-order valence-electron chi connectivity index (χ2n) is 4.19. The maximum Gasteiger partial charge on any atom is 0.119 e. The molecule has 0 atom stereocenters. The summed E-state index contributed by atoms with van der Waals surface area (Å²) in [5.74, 6) is 0.887. The van der Waals surface area contributed by atoms with Gasteiger partial charge in [-0.3, -0.25) is 0 Å². The second-order valence-corrected chi connectivity index (χ2v) is 4.19. The van der Waals surface area contributed by atoms with Gasteiger partial charge >= 0.3 is 0 Å². The fourth-order valence-electron chi connectivity index (χ4n) is 2.11. The standard InChI is InChI=1S/C15H19NO2/c1-3-18-14-7-5-13(6-8-14)15-9-4-12(2)16(15)10-11-17/h4-9,17H,3,10-11H2,1-2H3. The Kier molecular flexibility index (Phi) is 4.05. The summed E-state index contributed by atoms with van der Waals surface area (Å²) in [5.41, 5.74) is 3.43. The van der Waals surface area contributed by atoms with Crippen LogP contribution in [0.4, 0.5) is 0 Å². The zero-order valence-corrected chi connectivity index (χ0v) is 10.9. The summed E-state index contributed by atoms with van der Waals surface area (Å²) in [6.07, 6.45) is 0. The first-order valence-corrected chi connectivity index (χ1v) is 6.26. The van der Waals surface area contributed by atoms with Gasteiger partial charge in [-0.05, 0) is 55.8 Å². The van der Waals surface area contributed by atoms with Gasteiger partial charge in [-0.2, -0.15) is 0 Å². The lowest BCUT2D eigenvalue weighted by Crippen LogP contribution is -2.05. The van der Waals surface area contributed by atoms with Gasteiger partial charge < -0.3 is 14.4 Å². The number of nitrogens with zero attached hydrogens (tertiary/aromatic N) is 1. The minimum Gasteiger partial charge on any atom is -0.494 e. The molecule has 1 aromatic heterocycles. The highest BCUT2D eigenvalue weighted by Crippen LogP contribution is 2.24. The topological polar surface area (TPSA) is 34.4 Å². The summed E-state index contributed by atoms with van der Waals surface area (Å²) >= 11 is 0. The Morgan fingerprint density at radius 2 is 1.83 bits per heavy atom. The molecule has 2 rings (SSSR count). The minimum absolute atomic E-state index is 0.152. The Balaban J connectivity index is 2.30. The van der Waals surface area contributed by atoms with Gasteiger partial charge in [0.25, 0.3) is 0 Å². The van der Waals surface area contributed by atoms with Gasteiger partial charge in [-0.1, -0.05) is 0 Å². The molecule has 0 amide bonds. The molecular formula is C15H19NO2. The number of aliphatic hydroxyl groups excluding tert-OH is 1. The van der Waals surface area contributed by atoms with Gasteiger partial charge in [-0.25, -0.2) is 0 Å². The molecule has 0 unspecified atom stereocenters. The smallest absolute Gasteiger partial charge is 0.119 e. The van der Waals surface area contributed by atoms with Crippen molar-refractivity contribution in [2.45, 2.75) is 20.4 Å². The molecule has 0 aliphatic heterocycles. The number of rotatable bonds is 5. The van der Waals surface area contributed by atoms with Crippen LogP contribution in [0.25, 0.3) is 11.3 Å². The highest BCUT2D eigenvalue weighted by Gasteiger charge is 2.07. The molecule has 0 saturated heterocycles. The molecular weight excluding hydrogens is 226 g/mol. The van der Waals surface area contributed by atoms with E-state index in [-0.39, 0.29) is 6.61 Å². The van der Waals surface area contributed by atoms with Gasteiger partial charge in [0.2, 0.25) is 0 Å². The van der Waals surface area contributed by atoms with Crippen molar-refractivity contribution < 1.29 is 9.84 Å². The van der Waals surface area contributed by atoms with E-state index in [4.69, 9.17) is 9.84 Å². The van der Waals surface area contributed by atoms with Gasteiger partial charge in [-0.15, -0.1) is 0 Å². The van der Waals surface area contributed by atoms with Crippen LogP contribution in [0, 0.1) is 6.92 Å². The van der Waals surface area contributed by atoms with Crippen LogP contribution in [0.2, 0.25) is 0 Å². The van der Waals surface area contributed by atoms with Crippen molar-refractivity contribution in [1.82, 2.24) is 4.57 Å². The summed E-state index contributed by atoms with van der Waals surface area (Å²) in [5, 5.41) is 9.11. The van der Waals surface area contributed by atoms with E-state index in [1.807, 2.05) is 38.1 Å². The van der Waals surface area contributed by atoms with Crippen LogP contribution in [0.15, 0.2) is 36.4 Å².